The van der Waals surface area contributed by atoms with E-state index in [9.17, 15) is 23.6 Å². The van der Waals surface area contributed by atoms with Crippen LogP contribution in [0.25, 0.3) is 0 Å². The van der Waals surface area contributed by atoms with E-state index < -0.39 is 41.1 Å². The second-order valence-electron chi connectivity index (χ2n) is 12.8. The molecule has 3 amide bonds. The minimum absolute atomic E-state index is 0.0340. The standard InChI is InChI=1S/C37H36FN3O6S/c1-37(2,3)47-36(45)39-29-33(43)41-30(35(44)46-31(24-12-6-4-7-13-24)25-14-8-5-9-15-25)27(22-48-34(29)41)20-26-17-18-40(32(26)42)21-23-11-10-16-28(38)19-23/h4-16,19-20,29,31,34H,17-18,21-22H2,1-3H3,(H,39,45)/b26-20+/t29-,34-/m1/s1. The highest BCUT2D eigenvalue weighted by Gasteiger charge is 2.55. The molecule has 3 aliphatic heterocycles. The van der Waals surface area contributed by atoms with Crippen LogP contribution in [0.5, 0.6) is 0 Å². The molecule has 6 rings (SSSR count). The van der Waals surface area contributed by atoms with Crippen molar-refractivity contribution in [2.75, 3.05) is 12.3 Å². The first-order chi connectivity index (χ1) is 23.0. The molecule has 3 aromatic rings. The van der Waals surface area contributed by atoms with Gasteiger partial charge in [-0.1, -0.05) is 72.8 Å². The maximum atomic E-state index is 14.3. The molecule has 2 saturated heterocycles. The van der Waals surface area contributed by atoms with E-state index in [-0.39, 0.29) is 29.7 Å². The Morgan fingerprint density at radius 2 is 1.67 bits per heavy atom. The number of rotatable bonds is 8. The number of nitrogens with zero attached hydrogens (tertiary/aromatic N) is 2. The van der Waals surface area contributed by atoms with Crippen molar-refractivity contribution >= 4 is 35.6 Å². The molecular formula is C37H36FN3O6S. The zero-order chi connectivity index (χ0) is 34.0. The van der Waals surface area contributed by atoms with Crippen LogP contribution in [0.4, 0.5) is 9.18 Å². The van der Waals surface area contributed by atoms with E-state index in [2.05, 4.69) is 5.32 Å². The van der Waals surface area contributed by atoms with Crippen LogP contribution in [0.15, 0.2) is 108 Å². The Morgan fingerprint density at radius 3 is 2.29 bits per heavy atom. The van der Waals surface area contributed by atoms with E-state index >= 15 is 0 Å². The Kier molecular flexibility index (Phi) is 9.41. The van der Waals surface area contributed by atoms with Gasteiger partial charge in [0.1, 0.15) is 28.5 Å². The highest BCUT2D eigenvalue weighted by molar-refractivity contribution is 8.00. The molecule has 0 spiro atoms. The van der Waals surface area contributed by atoms with Crippen LogP contribution in [-0.2, 0) is 30.4 Å². The molecule has 248 valence electrons. The lowest BCUT2D eigenvalue weighted by atomic mass is 10.00. The molecule has 0 radical (unpaired) electrons. The zero-order valence-corrected chi connectivity index (χ0v) is 27.7. The number of fused-ring (bicyclic) bond motifs is 1. The molecule has 48 heavy (non-hydrogen) atoms. The highest BCUT2D eigenvalue weighted by atomic mass is 32.2. The van der Waals surface area contributed by atoms with Gasteiger partial charge in [-0.05, 0) is 67.7 Å². The molecule has 2 fully saturated rings. The Balaban J connectivity index is 1.32. The van der Waals surface area contributed by atoms with E-state index in [1.807, 2.05) is 60.7 Å². The fraction of sp³-hybridized carbons (Fsp3) is 0.297. The molecular weight excluding hydrogens is 633 g/mol. The molecule has 0 aromatic heterocycles. The Bertz CT molecular complexity index is 1750. The predicted molar refractivity (Wildman–Crippen MR) is 179 cm³/mol. The van der Waals surface area contributed by atoms with E-state index in [0.717, 1.165) is 11.1 Å². The summed E-state index contributed by atoms with van der Waals surface area (Å²) in [4.78, 5) is 56.9. The fourth-order valence-corrected chi connectivity index (χ4v) is 7.25. The van der Waals surface area contributed by atoms with Gasteiger partial charge in [0.05, 0.1) is 0 Å². The lowest BCUT2D eigenvalue weighted by Crippen LogP contribution is -2.70. The Morgan fingerprint density at radius 1 is 1.00 bits per heavy atom. The first-order valence-electron chi connectivity index (χ1n) is 15.7. The van der Waals surface area contributed by atoms with Crippen LogP contribution >= 0.6 is 11.8 Å². The third kappa shape index (κ3) is 7.16. The lowest BCUT2D eigenvalue weighted by Gasteiger charge is -2.49. The summed E-state index contributed by atoms with van der Waals surface area (Å²) in [6.07, 6.45) is 0.596. The average Bonchev–Trinajstić information content (AvgIpc) is 3.39. The normalized spacial score (nSPS) is 20.1. The molecule has 3 aromatic carbocycles. The molecule has 11 heteroatoms. The number of nitrogens with one attached hydrogen (secondary N) is 1. The number of hydrogen-bond acceptors (Lipinski definition) is 7. The van der Waals surface area contributed by atoms with Crippen molar-refractivity contribution in [2.24, 2.45) is 0 Å². The average molecular weight is 670 g/mol. The Labute approximate surface area is 282 Å². The molecule has 1 N–H and O–H groups in total. The van der Waals surface area contributed by atoms with E-state index in [0.29, 0.717) is 29.7 Å². The molecule has 0 saturated carbocycles. The number of halogens is 1. The van der Waals surface area contributed by atoms with Crippen LogP contribution in [-0.4, -0.2) is 63.0 Å². The van der Waals surface area contributed by atoms with Crippen LogP contribution < -0.4 is 5.32 Å². The molecule has 3 heterocycles. The second-order valence-corrected chi connectivity index (χ2v) is 13.9. The van der Waals surface area contributed by atoms with Crippen LogP contribution in [0.3, 0.4) is 0 Å². The van der Waals surface area contributed by atoms with Crippen molar-refractivity contribution in [1.82, 2.24) is 15.1 Å². The van der Waals surface area contributed by atoms with Crippen LogP contribution in [0, 0.1) is 5.82 Å². The van der Waals surface area contributed by atoms with E-state index in [4.69, 9.17) is 9.47 Å². The number of carbonyl (C=O) groups excluding carboxylic acids is 4. The number of ether oxygens (including phenoxy) is 2. The third-order valence-electron chi connectivity index (χ3n) is 8.12. The van der Waals surface area contributed by atoms with E-state index in [1.165, 1.54) is 28.8 Å². The zero-order valence-electron chi connectivity index (χ0n) is 26.9. The lowest BCUT2D eigenvalue weighted by molar-refractivity contribution is -0.153. The van der Waals surface area contributed by atoms with Gasteiger partial charge in [-0.3, -0.25) is 14.5 Å². The van der Waals surface area contributed by atoms with Gasteiger partial charge in [0.15, 0.2) is 6.10 Å². The van der Waals surface area contributed by atoms with Gasteiger partial charge < -0.3 is 19.7 Å². The quantitative estimate of drug-likeness (QED) is 0.182. The molecule has 9 nitrogen and oxygen atoms in total. The molecule has 3 aliphatic rings. The first kappa shape index (κ1) is 33.0. The number of carbonyl (C=O) groups is 4. The van der Waals surface area contributed by atoms with Crippen molar-refractivity contribution < 1.29 is 33.0 Å². The topological polar surface area (TPSA) is 105 Å². The number of esters is 1. The van der Waals surface area contributed by atoms with Gasteiger partial charge in [0.25, 0.3) is 5.91 Å². The van der Waals surface area contributed by atoms with Crippen LogP contribution in [0.1, 0.15) is 50.0 Å². The molecule has 0 aliphatic carbocycles. The monoisotopic (exact) mass is 669 g/mol. The summed E-state index contributed by atoms with van der Waals surface area (Å²) in [5.74, 6) is -1.52. The number of likely N-dealkylation sites (tertiary alicyclic amines) is 1. The maximum Gasteiger partial charge on any atom is 0.408 e. The third-order valence-corrected chi connectivity index (χ3v) is 9.42. The summed E-state index contributed by atoms with van der Waals surface area (Å²) in [6.45, 7) is 5.86. The second kappa shape index (κ2) is 13.7. The number of hydrogen-bond donors (Lipinski definition) is 1. The van der Waals surface area contributed by atoms with Crippen LogP contribution in [0.2, 0.25) is 0 Å². The summed E-state index contributed by atoms with van der Waals surface area (Å²) in [7, 11) is 0. The smallest absolute Gasteiger partial charge is 0.408 e. The number of allylic oxidation sites excluding steroid dienone is 1. The highest BCUT2D eigenvalue weighted by Crippen LogP contribution is 2.42. The molecule has 0 unspecified atom stereocenters. The summed E-state index contributed by atoms with van der Waals surface area (Å²) in [5, 5.41) is 2.07. The van der Waals surface area contributed by atoms with Crippen molar-refractivity contribution in [3.63, 3.8) is 0 Å². The number of alkyl carbamates (subject to hydrolysis) is 1. The minimum atomic E-state index is -0.907. The number of benzene rings is 3. The largest absolute Gasteiger partial charge is 0.448 e. The van der Waals surface area contributed by atoms with Gasteiger partial charge in [0, 0.05) is 24.4 Å². The van der Waals surface area contributed by atoms with Gasteiger partial charge in [0.2, 0.25) is 5.91 Å². The SMILES string of the molecule is CC(C)(C)OC(=O)N[C@@H]1C(=O)N2C(C(=O)OC(c3ccccc3)c3ccccc3)=C(/C=C3\CCN(Cc4cccc(F)c4)C3=O)CS[C@H]12. The van der Waals surface area contributed by atoms with Crippen molar-refractivity contribution in [2.45, 2.75) is 56.9 Å². The van der Waals surface area contributed by atoms with Gasteiger partial charge >= 0.3 is 12.1 Å². The first-order valence-corrected chi connectivity index (χ1v) is 16.8. The molecule has 2 atom stereocenters. The summed E-state index contributed by atoms with van der Waals surface area (Å²) >= 11 is 1.37. The number of β-lactam (4-membered cyclic amide) rings is 1. The van der Waals surface area contributed by atoms with E-state index in [1.54, 1.807) is 43.9 Å². The Hall–Kier alpha value is -4.90. The summed E-state index contributed by atoms with van der Waals surface area (Å²) in [5.41, 5.74) is 2.39. The molecule has 0 bridgehead atoms. The number of thioether (sulfide) groups is 1. The predicted octanol–water partition coefficient (Wildman–Crippen LogP) is 5.88. The van der Waals surface area contributed by atoms with Crippen molar-refractivity contribution in [1.29, 1.82) is 0 Å². The van der Waals surface area contributed by atoms with Crippen molar-refractivity contribution in [3.8, 4) is 0 Å². The van der Waals surface area contributed by atoms with Crippen molar-refractivity contribution in [3.05, 3.63) is 130 Å². The minimum Gasteiger partial charge on any atom is -0.448 e. The maximum absolute atomic E-state index is 14.3. The fourth-order valence-electron chi connectivity index (χ4n) is 5.94. The summed E-state index contributed by atoms with van der Waals surface area (Å²) in [6, 6.07) is 23.8. The van der Waals surface area contributed by atoms with Gasteiger partial charge in [-0.2, -0.15) is 0 Å². The van der Waals surface area contributed by atoms with Gasteiger partial charge in [-0.25, -0.2) is 14.0 Å². The van der Waals surface area contributed by atoms with Gasteiger partial charge in [-0.15, -0.1) is 11.8 Å². The summed E-state index contributed by atoms with van der Waals surface area (Å²) < 4.78 is 25.4. The number of amides is 3.